The summed E-state index contributed by atoms with van der Waals surface area (Å²) in [6.07, 6.45) is 2.16. The standard InChI is InChI=1S/C10H18O2/c1-10(2,3)9(12)6-8(11)7-4-5-7/h7-8,11H,4-6H2,1-3H3/t8-/m0/s1. The van der Waals surface area contributed by atoms with Crippen molar-refractivity contribution in [1.29, 1.82) is 0 Å². The molecule has 0 aliphatic heterocycles. The van der Waals surface area contributed by atoms with Gasteiger partial charge in [-0.05, 0) is 18.8 Å². The molecule has 12 heavy (non-hydrogen) atoms. The molecule has 0 aromatic heterocycles. The molecule has 0 bridgehead atoms. The van der Waals surface area contributed by atoms with Crippen LogP contribution < -0.4 is 0 Å². The average molecular weight is 170 g/mol. The molecular weight excluding hydrogens is 152 g/mol. The van der Waals surface area contributed by atoms with E-state index in [0.717, 1.165) is 12.8 Å². The van der Waals surface area contributed by atoms with Crippen LogP contribution >= 0.6 is 0 Å². The third kappa shape index (κ3) is 2.59. The van der Waals surface area contributed by atoms with E-state index >= 15 is 0 Å². The molecule has 0 saturated heterocycles. The molecule has 2 nitrogen and oxygen atoms in total. The lowest BCUT2D eigenvalue weighted by molar-refractivity contribution is -0.128. The van der Waals surface area contributed by atoms with Gasteiger partial charge in [-0.25, -0.2) is 0 Å². The van der Waals surface area contributed by atoms with Crippen molar-refractivity contribution in [1.82, 2.24) is 0 Å². The third-order valence-corrected chi connectivity index (χ3v) is 2.40. The number of rotatable bonds is 3. The van der Waals surface area contributed by atoms with Gasteiger partial charge in [0.15, 0.2) is 0 Å². The first-order valence-electron chi connectivity index (χ1n) is 4.62. The van der Waals surface area contributed by atoms with Gasteiger partial charge in [0.2, 0.25) is 0 Å². The maximum Gasteiger partial charge on any atom is 0.140 e. The van der Waals surface area contributed by atoms with Gasteiger partial charge in [0.1, 0.15) is 5.78 Å². The van der Waals surface area contributed by atoms with E-state index in [0.29, 0.717) is 12.3 Å². The molecule has 1 aliphatic carbocycles. The summed E-state index contributed by atoms with van der Waals surface area (Å²) < 4.78 is 0. The maximum atomic E-state index is 11.4. The molecule has 1 saturated carbocycles. The van der Waals surface area contributed by atoms with Crippen LogP contribution in [-0.2, 0) is 4.79 Å². The molecule has 0 heterocycles. The number of carbonyl (C=O) groups excluding carboxylic acids is 1. The topological polar surface area (TPSA) is 37.3 Å². The summed E-state index contributed by atoms with van der Waals surface area (Å²) in [5.74, 6) is 0.582. The average Bonchev–Trinajstić information content (AvgIpc) is 2.65. The minimum atomic E-state index is -0.378. The summed E-state index contributed by atoms with van der Waals surface area (Å²) in [7, 11) is 0. The van der Waals surface area contributed by atoms with Crippen molar-refractivity contribution in [2.24, 2.45) is 11.3 Å². The lowest BCUT2D eigenvalue weighted by atomic mass is 9.87. The molecular formula is C10H18O2. The first-order chi connectivity index (χ1) is 5.41. The Bertz CT molecular complexity index is 175. The second kappa shape index (κ2) is 3.17. The molecule has 1 aliphatic rings. The second-order valence-electron chi connectivity index (χ2n) is 4.78. The lowest BCUT2D eigenvalue weighted by Gasteiger charge is -2.18. The van der Waals surface area contributed by atoms with E-state index < -0.39 is 0 Å². The second-order valence-corrected chi connectivity index (χ2v) is 4.78. The lowest BCUT2D eigenvalue weighted by Crippen LogP contribution is -2.25. The van der Waals surface area contributed by atoms with E-state index in [-0.39, 0.29) is 17.3 Å². The molecule has 0 aromatic rings. The fourth-order valence-electron chi connectivity index (χ4n) is 1.14. The molecule has 70 valence electrons. The molecule has 2 heteroatoms. The third-order valence-electron chi connectivity index (χ3n) is 2.40. The SMILES string of the molecule is CC(C)(C)C(=O)C[C@H](O)C1CC1. The quantitative estimate of drug-likeness (QED) is 0.700. The van der Waals surface area contributed by atoms with Crippen molar-refractivity contribution in [3.63, 3.8) is 0 Å². The van der Waals surface area contributed by atoms with E-state index in [1.165, 1.54) is 0 Å². The van der Waals surface area contributed by atoms with Crippen LogP contribution in [0.2, 0.25) is 0 Å². The molecule has 0 aromatic carbocycles. The van der Waals surface area contributed by atoms with Gasteiger partial charge in [-0.2, -0.15) is 0 Å². The van der Waals surface area contributed by atoms with E-state index in [2.05, 4.69) is 0 Å². The molecule has 0 amide bonds. The summed E-state index contributed by atoms with van der Waals surface area (Å²) >= 11 is 0. The molecule has 0 unspecified atom stereocenters. The van der Waals surface area contributed by atoms with Gasteiger partial charge in [0.25, 0.3) is 0 Å². The van der Waals surface area contributed by atoms with Gasteiger partial charge in [0.05, 0.1) is 6.10 Å². The zero-order chi connectivity index (χ0) is 9.35. The minimum absolute atomic E-state index is 0.168. The largest absolute Gasteiger partial charge is 0.392 e. The minimum Gasteiger partial charge on any atom is -0.392 e. The van der Waals surface area contributed by atoms with Crippen molar-refractivity contribution >= 4 is 5.78 Å². The van der Waals surface area contributed by atoms with Crippen LogP contribution in [0.15, 0.2) is 0 Å². The summed E-state index contributed by atoms with van der Waals surface area (Å²) in [6, 6.07) is 0. The number of Topliss-reactive ketones (excluding diaryl/α,β-unsaturated/α-hetero) is 1. The molecule has 1 atom stereocenters. The van der Waals surface area contributed by atoms with Crippen molar-refractivity contribution in [3.05, 3.63) is 0 Å². The number of ketones is 1. The van der Waals surface area contributed by atoms with Crippen molar-refractivity contribution in [2.45, 2.75) is 46.1 Å². The smallest absolute Gasteiger partial charge is 0.140 e. The Morgan fingerprint density at radius 2 is 2.00 bits per heavy atom. The summed E-state index contributed by atoms with van der Waals surface area (Å²) in [4.78, 5) is 11.4. The summed E-state index contributed by atoms with van der Waals surface area (Å²) in [6.45, 7) is 5.69. The number of hydrogen-bond donors (Lipinski definition) is 1. The Labute approximate surface area is 74.0 Å². The van der Waals surface area contributed by atoms with Crippen LogP contribution in [0, 0.1) is 11.3 Å². The first kappa shape index (κ1) is 9.72. The Morgan fingerprint density at radius 3 is 2.33 bits per heavy atom. The molecule has 0 spiro atoms. The number of carbonyl (C=O) groups is 1. The Hall–Kier alpha value is -0.370. The van der Waals surface area contributed by atoms with Crippen molar-refractivity contribution < 1.29 is 9.90 Å². The fourth-order valence-corrected chi connectivity index (χ4v) is 1.14. The predicted octanol–water partition coefficient (Wildman–Crippen LogP) is 1.76. The summed E-state index contributed by atoms with van der Waals surface area (Å²) in [5.41, 5.74) is -0.296. The highest BCUT2D eigenvalue weighted by atomic mass is 16.3. The van der Waals surface area contributed by atoms with Gasteiger partial charge in [-0.1, -0.05) is 20.8 Å². The van der Waals surface area contributed by atoms with Crippen LogP contribution in [0.25, 0.3) is 0 Å². The zero-order valence-electron chi connectivity index (χ0n) is 8.13. The molecule has 1 N–H and O–H groups in total. The van der Waals surface area contributed by atoms with Crippen LogP contribution in [0.4, 0.5) is 0 Å². The van der Waals surface area contributed by atoms with Gasteiger partial charge >= 0.3 is 0 Å². The fraction of sp³-hybridized carbons (Fsp3) is 0.900. The number of hydrogen-bond acceptors (Lipinski definition) is 2. The highest BCUT2D eigenvalue weighted by molar-refractivity contribution is 5.84. The normalized spacial score (nSPS) is 20.7. The van der Waals surface area contributed by atoms with Crippen molar-refractivity contribution in [3.8, 4) is 0 Å². The maximum absolute atomic E-state index is 11.4. The molecule has 1 fully saturated rings. The number of aliphatic hydroxyl groups excluding tert-OH is 1. The van der Waals surface area contributed by atoms with Crippen LogP contribution in [-0.4, -0.2) is 17.0 Å². The zero-order valence-corrected chi connectivity index (χ0v) is 8.13. The van der Waals surface area contributed by atoms with E-state index in [1.807, 2.05) is 20.8 Å². The number of aliphatic hydroxyl groups is 1. The van der Waals surface area contributed by atoms with Crippen LogP contribution in [0.3, 0.4) is 0 Å². The monoisotopic (exact) mass is 170 g/mol. The molecule has 1 rings (SSSR count). The van der Waals surface area contributed by atoms with Crippen LogP contribution in [0.5, 0.6) is 0 Å². The van der Waals surface area contributed by atoms with Crippen LogP contribution in [0.1, 0.15) is 40.0 Å². The van der Waals surface area contributed by atoms with E-state index in [1.54, 1.807) is 0 Å². The van der Waals surface area contributed by atoms with Crippen molar-refractivity contribution in [2.75, 3.05) is 0 Å². The Morgan fingerprint density at radius 1 is 1.50 bits per heavy atom. The molecule has 0 radical (unpaired) electrons. The van der Waals surface area contributed by atoms with E-state index in [4.69, 9.17) is 0 Å². The van der Waals surface area contributed by atoms with Gasteiger partial charge in [-0.3, -0.25) is 4.79 Å². The van der Waals surface area contributed by atoms with Gasteiger partial charge < -0.3 is 5.11 Å². The Kier molecular flexibility index (Phi) is 2.57. The Balaban J connectivity index is 2.34. The first-order valence-corrected chi connectivity index (χ1v) is 4.62. The van der Waals surface area contributed by atoms with Gasteiger partial charge in [-0.15, -0.1) is 0 Å². The summed E-state index contributed by atoms with van der Waals surface area (Å²) in [5, 5.41) is 9.50. The highest BCUT2D eigenvalue weighted by Crippen LogP contribution is 2.35. The highest BCUT2D eigenvalue weighted by Gasteiger charge is 2.33. The predicted molar refractivity (Wildman–Crippen MR) is 47.8 cm³/mol. The van der Waals surface area contributed by atoms with Gasteiger partial charge in [0, 0.05) is 11.8 Å². The van der Waals surface area contributed by atoms with E-state index in [9.17, 15) is 9.90 Å².